The van der Waals surface area contributed by atoms with E-state index in [1.807, 2.05) is 12.1 Å². The Morgan fingerprint density at radius 1 is 1.03 bits per heavy atom. The highest BCUT2D eigenvalue weighted by Gasteiger charge is 2.46. The van der Waals surface area contributed by atoms with E-state index in [0.29, 0.717) is 11.8 Å². The van der Waals surface area contributed by atoms with Crippen molar-refractivity contribution in [2.24, 2.45) is 11.8 Å². The van der Waals surface area contributed by atoms with Gasteiger partial charge in [-0.1, -0.05) is 18.6 Å². The second kappa shape index (κ2) is 8.41. The summed E-state index contributed by atoms with van der Waals surface area (Å²) in [6.07, 6.45) is 10.3. The summed E-state index contributed by atoms with van der Waals surface area (Å²) in [5, 5.41) is 13.7. The van der Waals surface area contributed by atoms with Gasteiger partial charge in [0.05, 0.1) is 6.10 Å². The quantitative estimate of drug-likeness (QED) is 0.773. The summed E-state index contributed by atoms with van der Waals surface area (Å²) in [6.45, 7) is 2.09. The molecule has 2 saturated carbocycles. The molecule has 4 bridgehead atoms. The summed E-state index contributed by atoms with van der Waals surface area (Å²) in [6, 6.07) is 9.21. The zero-order valence-corrected chi connectivity index (χ0v) is 18.1. The Hall–Kier alpha value is -1.75. The number of rotatable bonds is 3. The zero-order valence-electron chi connectivity index (χ0n) is 18.1. The number of hydrogen-bond donors (Lipinski definition) is 2. The van der Waals surface area contributed by atoms with Crippen LogP contribution in [0.2, 0.25) is 0 Å². The number of benzene rings is 1. The minimum absolute atomic E-state index is 0.133. The highest BCUT2D eigenvalue weighted by atomic mass is 16.5. The Kier molecular flexibility index (Phi) is 5.65. The van der Waals surface area contributed by atoms with Gasteiger partial charge in [0.1, 0.15) is 11.9 Å². The van der Waals surface area contributed by atoms with E-state index in [4.69, 9.17) is 4.74 Å². The summed E-state index contributed by atoms with van der Waals surface area (Å²) >= 11 is 0. The first-order chi connectivity index (χ1) is 14.6. The lowest BCUT2D eigenvalue weighted by molar-refractivity contribution is 0.0637. The molecule has 5 heteroatoms. The molecule has 2 saturated heterocycles. The van der Waals surface area contributed by atoms with Crippen molar-refractivity contribution < 1.29 is 14.6 Å². The number of carbonyl (C=O) groups is 1. The first kappa shape index (κ1) is 20.2. The van der Waals surface area contributed by atoms with Crippen LogP contribution in [0.5, 0.6) is 5.75 Å². The molecule has 5 nitrogen and oxygen atoms in total. The zero-order chi connectivity index (χ0) is 20.7. The molecule has 2 amide bonds. The second-order valence-electron chi connectivity index (χ2n) is 10.2. The van der Waals surface area contributed by atoms with E-state index < -0.39 is 0 Å². The van der Waals surface area contributed by atoms with Gasteiger partial charge in [0.15, 0.2) is 0 Å². The summed E-state index contributed by atoms with van der Waals surface area (Å²) in [5.41, 5.74) is 1.21. The van der Waals surface area contributed by atoms with Crippen molar-refractivity contribution in [1.29, 1.82) is 0 Å². The number of nitrogens with zero attached hydrogens (tertiary/aromatic N) is 1. The van der Waals surface area contributed by atoms with Gasteiger partial charge in [0.2, 0.25) is 0 Å². The monoisotopic (exact) mass is 412 g/mol. The summed E-state index contributed by atoms with van der Waals surface area (Å²) in [4.78, 5) is 15.5. The predicted molar refractivity (Wildman–Crippen MR) is 116 cm³/mol. The summed E-state index contributed by atoms with van der Waals surface area (Å²) < 4.78 is 6.30. The van der Waals surface area contributed by atoms with Gasteiger partial charge in [0.25, 0.3) is 0 Å². The third kappa shape index (κ3) is 4.05. The van der Waals surface area contributed by atoms with Crippen LogP contribution in [0.3, 0.4) is 0 Å². The minimum Gasteiger partial charge on any atom is -0.490 e. The fourth-order valence-electron chi connectivity index (χ4n) is 6.73. The number of urea groups is 1. The normalized spacial score (nSPS) is 38.1. The van der Waals surface area contributed by atoms with Crippen LogP contribution >= 0.6 is 0 Å². The fourth-order valence-corrected chi connectivity index (χ4v) is 6.73. The third-order valence-electron chi connectivity index (χ3n) is 8.12. The Balaban J connectivity index is 1.22. The first-order valence-electron chi connectivity index (χ1n) is 12.1. The van der Waals surface area contributed by atoms with Crippen LogP contribution in [0.25, 0.3) is 0 Å². The Labute approximate surface area is 180 Å². The maximum absolute atomic E-state index is 13.3. The largest absolute Gasteiger partial charge is 0.490 e. The summed E-state index contributed by atoms with van der Waals surface area (Å²) in [7, 11) is 0. The molecule has 2 heterocycles. The Morgan fingerprint density at radius 3 is 2.57 bits per heavy atom. The molecule has 0 spiro atoms. The Bertz CT molecular complexity index is 755. The molecule has 2 aliphatic carbocycles. The van der Waals surface area contributed by atoms with E-state index in [1.165, 1.54) is 12.0 Å². The summed E-state index contributed by atoms with van der Waals surface area (Å²) in [5.74, 6) is 1.97. The van der Waals surface area contributed by atoms with E-state index in [-0.39, 0.29) is 36.4 Å². The highest BCUT2D eigenvalue weighted by Crippen LogP contribution is 2.41. The van der Waals surface area contributed by atoms with Crippen molar-refractivity contribution in [3.63, 3.8) is 0 Å². The molecule has 4 aliphatic rings. The Morgan fingerprint density at radius 2 is 1.80 bits per heavy atom. The molecule has 1 aromatic rings. The molecule has 7 atom stereocenters. The van der Waals surface area contributed by atoms with Gasteiger partial charge >= 0.3 is 6.03 Å². The van der Waals surface area contributed by atoms with Crippen molar-refractivity contribution >= 4 is 6.03 Å². The van der Waals surface area contributed by atoms with Crippen LogP contribution in [0.4, 0.5) is 4.79 Å². The molecule has 164 valence electrons. The molecular formula is C25H36N2O3. The molecule has 1 aromatic carbocycles. The maximum atomic E-state index is 13.3. The number of aliphatic hydroxyl groups is 1. The van der Waals surface area contributed by atoms with Crippen LogP contribution in [0, 0.1) is 18.8 Å². The van der Waals surface area contributed by atoms with Crippen LogP contribution in [-0.4, -0.2) is 46.4 Å². The van der Waals surface area contributed by atoms with Crippen molar-refractivity contribution in [2.45, 2.75) is 101 Å². The maximum Gasteiger partial charge on any atom is 0.318 e. The molecule has 4 fully saturated rings. The smallest absolute Gasteiger partial charge is 0.318 e. The molecule has 0 aromatic heterocycles. The van der Waals surface area contributed by atoms with E-state index in [9.17, 15) is 9.90 Å². The van der Waals surface area contributed by atoms with Gasteiger partial charge in [-0.05, 0) is 81.4 Å². The van der Waals surface area contributed by atoms with Gasteiger partial charge in [-0.3, -0.25) is 0 Å². The minimum atomic E-state index is -0.195. The molecule has 2 aliphatic heterocycles. The molecular weight excluding hydrogens is 376 g/mol. The number of aliphatic hydroxyl groups excluding tert-OH is 1. The average molecular weight is 413 g/mol. The molecule has 5 rings (SSSR count). The van der Waals surface area contributed by atoms with Crippen molar-refractivity contribution in [3.8, 4) is 5.75 Å². The lowest BCUT2D eigenvalue weighted by atomic mass is 9.85. The number of hydrogen-bond acceptors (Lipinski definition) is 3. The number of carbonyl (C=O) groups excluding carboxylic acids is 1. The molecule has 2 N–H and O–H groups in total. The number of amides is 2. The van der Waals surface area contributed by atoms with Gasteiger partial charge in [-0.15, -0.1) is 0 Å². The van der Waals surface area contributed by atoms with Gasteiger partial charge in [-0.25, -0.2) is 4.79 Å². The number of fused-ring (bicyclic) bond motifs is 4. The highest BCUT2D eigenvalue weighted by molar-refractivity contribution is 5.76. The number of nitrogens with one attached hydrogen (secondary N) is 1. The van der Waals surface area contributed by atoms with E-state index >= 15 is 0 Å². The van der Waals surface area contributed by atoms with Crippen LogP contribution in [-0.2, 0) is 0 Å². The topological polar surface area (TPSA) is 61.8 Å². The lowest BCUT2D eigenvalue weighted by Crippen LogP contribution is -2.56. The number of aryl methyl sites for hydroxylation is 1. The number of piperidine rings is 1. The molecule has 2 unspecified atom stereocenters. The van der Waals surface area contributed by atoms with Crippen molar-refractivity contribution in [2.75, 3.05) is 0 Å². The molecule has 0 radical (unpaired) electrons. The first-order valence-corrected chi connectivity index (χ1v) is 12.1. The van der Waals surface area contributed by atoms with E-state index in [0.717, 1.165) is 63.5 Å². The number of ether oxygens (including phenoxy) is 1. The van der Waals surface area contributed by atoms with Crippen LogP contribution in [0.15, 0.2) is 24.3 Å². The van der Waals surface area contributed by atoms with Gasteiger partial charge in [-0.2, -0.15) is 0 Å². The van der Waals surface area contributed by atoms with Crippen molar-refractivity contribution in [1.82, 2.24) is 10.2 Å². The molecule has 30 heavy (non-hydrogen) atoms. The SMILES string of the molecule is Cc1cccc(O[C@H]2C[C@H]3CC[C@@H](C2)N3C(=O)N[C@H]2C3CCC[C@@H](O)CC2CC3)c1. The van der Waals surface area contributed by atoms with Gasteiger partial charge in [0, 0.05) is 31.0 Å². The van der Waals surface area contributed by atoms with Gasteiger partial charge < -0.3 is 20.1 Å². The van der Waals surface area contributed by atoms with Crippen LogP contribution in [0.1, 0.15) is 69.8 Å². The second-order valence-corrected chi connectivity index (χ2v) is 10.2. The van der Waals surface area contributed by atoms with E-state index in [1.54, 1.807) is 0 Å². The predicted octanol–water partition coefficient (Wildman–Crippen LogP) is 4.41. The van der Waals surface area contributed by atoms with E-state index in [2.05, 4.69) is 29.3 Å². The van der Waals surface area contributed by atoms with Crippen LogP contribution < -0.4 is 10.1 Å². The average Bonchev–Trinajstić information content (AvgIpc) is 3.22. The lowest BCUT2D eigenvalue weighted by Gasteiger charge is -2.40. The fraction of sp³-hybridized carbons (Fsp3) is 0.720. The third-order valence-corrected chi connectivity index (χ3v) is 8.12. The van der Waals surface area contributed by atoms with Crippen molar-refractivity contribution in [3.05, 3.63) is 29.8 Å². The standard InChI is InChI=1S/C25H36N2O3/c1-16-4-2-7-22(12-16)30-23-14-19-10-11-20(15-23)27(19)25(29)26-24-17-5-3-6-21(28)13-18(24)9-8-17/h2,4,7,12,17-21,23-24,28H,3,5-6,8-11,13-15H2,1H3,(H,26,29)/t17?,18?,19-,20+,21-,23+,24+/m1/s1.